The second-order valence-corrected chi connectivity index (χ2v) is 6.31. The van der Waals surface area contributed by atoms with Crippen LogP contribution in [0.25, 0.3) is 0 Å². The van der Waals surface area contributed by atoms with Crippen LogP contribution >= 0.6 is 0 Å². The van der Waals surface area contributed by atoms with E-state index in [2.05, 4.69) is 10.2 Å². The Hall–Kier alpha value is -2.89. The first-order chi connectivity index (χ1) is 12.6. The number of hydrogen-bond acceptors (Lipinski definition) is 5. The third-order valence-corrected chi connectivity index (χ3v) is 4.74. The molecule has 138 valence electrons. The summed E-state index contributed by atoms with van der Waals surface area (Å²) in [6.07, 6.45) is 1.55. The molecule has 2 aromatic rings. The van der Waals surface area contributed by atoms with E-state index in [0.29, 0.717) is 17.2 Å². The maximum atomic E-state index is 12.7. The summed E-state index contributed by atoms with van der Waals surface area (Å²) in [5.74, 6) is 1.34. The van der Waals surface area contributed by atoms with Gasteiger partial charge < -0.3 is 24.8 Å². The van der Waals surface area contributed by atoms with Crippen molar-refractivity contribution < 1.29 is 19.4 Å². The molecule has 1 saturated heterocycles. The Morgan fingerprint density at radius 2 is 1.77 bits per heavy atom. The number of benzene rings is 2. The lowest BCUT2D eigenvalue weighted by Crippen LogP contribution is -2.38. The lowest BCUT2D eigenvalue weighted by Gasteiger charge is -2.33. The Labute approximate surface area is 153 Å². The van der Waals surface area contributed by atoms with E-state index in [1.807, 2.05) is 24.3 Å². The molecule has 0 aliphatic carbocycles. The highest BCUT2D eigenvalue weighted by molar-refractivity contribution is 5.94. The minimum Gasteiger partial charge on any atom is -0.508 e. The highest BCUT2D eigenvalue weighted by Gasteiger charge is 2.26. The topological polar surface area (TPSA) is 71.0 Å². The molecule has 0 aromatic heterocycles. The van der Waals surface area contributed by atoms with Gasteiger partial charge in [0.2, 0.25) is 5.91 Å². The van der Waals surface area contributed by atoms with Crippen molar-refractivity contribution in [3.8, 4) is 17.2 Å². The molecule has 3 rings (SSSR count). The molecule has 2 N–H and O–H groups in total. The molecule has 0 radical (unpaired) electrons. The number of carbonyl (C=O) groups is 1. The number of nitrogens with zero attached hydrogens (tertiary/aromatic N) is 1. The standard InChI is InChI=1S/C20H24N2O4/c1-25-18-5-3-4-17(19(18)26-2)21-20(24)14-10-12-22(13-11-14)15-6-8-16(23)9-7-15/h3-9,14,23H,10-13H2,1-2H3,(H,21,24). The summed E-state index contributed by atoms with van der Waals surface area (Å²) in [4.78, 5) is 14.9. The number of hydrogen-bond donors (Lipinski definition) is 2. The SMILES string of the molecule is COc1cccc(NC(=O)C2CCN(c3ccc(O)cc3)CC2)c1OC. The molecule has 0 spiro atoms. The zero-order chi connectivity index (χ0) is 18.5. The first-order valence-electron chi connectivity index (χ1n) is 8.68. The predicted octanol–water partition coefficient (Wildman–Crippen LogP) is 3.26. The molecule has 1 heterocycles. The second kappa shape index (κ2) is 7.99. The molecule has 1 aliphatic heterocycles. The molecule has 26 heavy (non-hydrogen) atoms. The van der Waals surface area contributed by atoms with E-state index in [-0.39, 0.29) is 17.6 Å². The number of aromatic hydroxyl groups is 1. The van der Waals surface area contributed by atoms with Crippen molar-refractivity contribution in [2.45, 2.75) is 12.8 Å². The smallest absolute Gasteiger partial charge is 0.227 e. The van der Waals surface area contributed by atoms with Crippen molar-refractivity contribution in [1.29, 1.82) is 0 Å². The minimum absolute atomic E-state index is 0.00177. The van der Waals surface area contributed by atoms with Crippen molar-refractivity contribution in [3.63, 3.8) is 0 Å². The zero-order valence-electron chi connectivity index (χ0n) is 15.1. The summed E-state index contributed by atoms with van der Waals surface area (Å²) < 4.78 is 10.6. The molecular formula is C20H24N2O4. The van der Waals surface area contributed by atoms with E-state index < -0.39 is 0 Å². The van der Waals surface area contributed by atoms with Crippen LogP contribution in [0.1, 0.15) is 12.8 Å². The van der Waals surface area contributed by atoms with E-state index in [4.69, 9.17) is 9.47 Å². The Morgan fingerprint density at radius 1 is 1.08 bits per heavy atom. The number of nitrogens with one attached hydrogen (secondary N) is 1. The monoisotopic (exact) mass is 356 g/mol. The molecule has 0 unspecified atom stereocenters. The first-order valence-corrected chi connectivity index (χ1v) is 8.68. The Morgan fingerprint density at radius 3 is 2.38 bits per heavy atom. The summed E-state index contributed by atoms with van der Waals surface area (Å²) in [6.45, 7) is 1.61. The number of piperidine rings is 1. The number of ether oxygens (including phenoxy) is 2. The summed E-state index contributed by atoms with van der Waals surface area (Å²) >= 11 is 0. The Bertz CT molecular complexity index is 753. The van der Waals surface area contributed by atoms with Gasteiger partial charge in [0.25, 0.3) is 0 Å². The largest absolute Gasteiger partial charge is 0.508 e. The second-order valence-electron chi connectivity index (χ2n) is 6.31. The molecular weight excluding hydrogens is 332 g/mol. The summed E-state index contributed by atoms with van der Waals surface area (Å²) in [5, 5.41) is 12.4. The molecule has 1 fully saturated rings. The van der Waals surface area contributed by atoms with Crippen LogP contribution in [0.5, 0.6) is 17.2 Å². The van der Waals surface area contributed by atoms with Crippen molar-refractivity contribution in [1.82, 2.24) is 0 Å². The van der Waals surface area contributed by atoms with Crippen molar-refractivity contribution in [2.24, 2.45) is 5.92 Å². The Kier molecular flexibility index (Phi) is 5.51. The summed E-state index contributed by atoms with van der Waals surface area (Å²) in [6, 6.07) is 12.6. The van der Waals surface area contributed by atoms with E-state index >= 15 is 0 Å². The quantitative estimate of drug-likeness (QED) is 0.860. The fourth-order valence-electron chi connectivity index (χ4n) is 3.28. The average molecular weight is 356 g/mol. The molecule has 0 bridgehead atoms. The molecule has 0 atom stereocenters. The van der Waals surface area contributed by atoms with Crippen molar-refractivity contribution >= 4 is 17.3 Å². The van der Waals surface area contributed by atoms with Gasteiger partial charge in [-0.2, -0.15) is 0 Å². The summed E-state index contributed by atoms with van der Waals surface area (Å²) in [7, 11) is 3.13. The van der Waals surface area contributed by atoms with Crippen LogP contribution in [0.3, 0.4) is 0 Å². The summed E-state index contributed by atoms with van der Waals surface area (Å²) in [5.41, 5.74) is 1.69. The van der Waals surface area contributed by atoms with E-state index in [1.165, 1.54) is 0 Å². The highest BCUT2D eigenvalue weighted by Crippen LogP contribution is 2.35. The third kappa shape index (κ3) is 3.85. The van der Waals surface area contributed by atoms with Crippen LogP contribution in [0.4, 0.5) is 11.4 Å². The minimum atomic E-state index is -0.0423. The highest BCUT2D eigenvalue weighted by atomic mass is 16.5. The molecule has 6 nitrogen and oxygen atoms in total. The fourth-order valence-corrected chi connectivity index (χ4v) is 3.28. The molecule has 1 aliphatic rings. The molecule has 6 heteroatoms. The van der Waals surface area contributed by atoms with Crippen LogP contribution in [0.15, 0.2) is 42.5 Å². The third-order valence-electron chi connectivity index (χ3n) is 4.74. The van der Waals surface area contributed by atoms with Gasteiger partial charge in [0.15, 0.2) is 11.5 Å². The van der Waals surface area contributed by atoms with Gasteiger partial charge in [0, 0.05) is 24.7 Å². The van der Waals surface area contributed by atoms with Crippen LogP contribution in [-0.2, 0) is 4.79 Å². The number of anilines is 2. The molecule has 0 saturated carbocycles. The lowest BCUT2D eigenvalue weighted by atomic mass is 9.95. The number of carbonyl (C=O) groups excluding carboxylic acids is 1. The van der Waals surface area contributed by atoms with Crippen LogP contribution in [-0.4, -0.2) is 38.3 Å². The molecule has 1 amide bonds. The number of methoxy groups -OCH3 is 2. The van der Waals surface area contributed by atoms with E-state index in [0.717, 1.165) is 31.6 Å². The average Bonchev–Trinajstić information content (AvgIpc) is 2.68. The lowest BCUT2D eigenvalue weighted by molar-refractivity contribution is -0.120. The maximum absolute atomic E-state index is 12.7. The van der Waals surface area contributed by atoms with Crippen molar-refractivity contribution in [2.75, 3.05) is 37.5 Å². The first kappa shape index (κ1) is 17.9. The van der Waals surface area contributed by atoms with Gasteiger partial charge >= 0.3 is 0 Å². The number of phenols is 1. The number of para-hydroxylation sites is 1. The van der Waals surface area contributed by atoms with Gasteiger partial charge in [-0.05, 0) is 49.2 Å². The normalized spacial score (nSPS) is 14.8. The van der Waals surface area contributed by atoms with E-state index in [9.17, 15) is 9.90 Å². The van der Waals surface area contributed by atoms with Gasteiger partial charge in [-0.25, -0.2) is 0 Å². The predicted molar refractivity (Wildman–Crippen MR) is 101 cm³/mol. The van der Waals surface area contributed by atoms with E-state index in [1.54, 1.807) is 32.4 Å². The van der Waals surface area contributed by atoms with Gasteiger partial charge in [-0.3, -0.25) is 4.79 Å². The number of rotatable bonds is 5. The zero-order valence-corrected chi connectivity index (χ0v) is 15.1. The van der Waals surface area contributed by atoms with Gasteiger partial charge in [0.05, 0.1) is 19.9 Å². The number of amides is 1. The van der Waals surface area contributed by atoms with Gasteiger partial charge in [-0.1, -0.05) is 6.07 Å². The van der Waals surface area contributed by atoms with Gasteiger partial charge in [-0.15, -0.1) is 0 Å². The van der Waals surface area contributed by atoms with Crippen LogP contribution in [0, 0.1) is 5.92 Å². The van der Waals surface area contributed by atoms with Crippen molar-refractivity contribution in [3.05, 3.63) is 42.5 Å². The maximum Gasteiger partial charge on any atom is 0.227 e. The molecule has 2 aromatic carbocycles. The fraction of sp³-hybridized carbons (Fsp3) is 0.350. The number of phenolic OH excluding ortho intramolecular Hbond substituents is 1. The van der Waals surface area contributed by atoms with Crippen LogP contribution < -0.4 is 19.7 Å². The van der Waals surface area contributed by atoms with Crippen LogP contribution in [0.2, 0.25) is 0 Å². The Balaban J connectivity index is 1.61. The van der Waals surface area contributed by atoms with Gasteiger partial charge in [0.1, 0.15) is 5.75 Å².